The van der Waals surface area contributed by atoms with Gasteiger partial charge in [0, 0.05) is 26.2 Å². The Balaban J connectivity index is 1.59. The van der Waals surface area contributed by atoms with E-state index in [2.05, 4.69) is 15.3 Å². The van der Waals surface area contributed by atoms with Crippen LogP contribution in [0.25, 0.3) is 10.2 Å². The fraction of sp³-hybridized carbons (Fsp3) is 0.409. The SMILES string of the molecule is COc1cccc(CNc2ncnc3sc(C(=O)N4CCC[C@@H](CO)C4)c(C)c23)c1. The maximum absolute atomic E-state index is 13.2. The second-order valence-electron chi connectivity index (χ2n) is 7.61. The minimum absolute atomic E-state index is 0.0207. The van der Waals surface area contributed by atoms with Gasteiger partial charge in [-0.1, -0.05) is 12.1 Å². The molecule has 1 fully saturated rings. The van der Waals surface area contributed by atoms with Gasteiger partial charge >= 0.3 is 0 Å². The molecule has 0 bridgehead atoms. The number of methoxy groups -OCH3 is 1. The minimum Gasteiger partial charge on any atom is -0.497 e. The van der Waals surface area contributed by atoms with Crippen molar-refractivity contribution in [2.24, 2.45) is 5.92 Å². The number of likely N-dealkylation sites (tertiary alicyclic amines) is 1. The first kappa shape index (κ1) is 20.6. The monoisotopic (exact) mass is 426 g/mol. The average molecular weight is 427 g/mol. The van der Waals surface area contributed by atoms with Crippen molar-refractivity contribution in [2.75, 3.05) is 32.1 Å². The number of carbonyl (C=O) groups excluding carboxylic acids is 1. The van der Waals surface area contributed by atoms with Crippen LogP contribution in [0.15, 0.2) is 30.6 Å². The standard InChI is InChI=1S/C22H26N4O3S/c1-14-18-20(23-10-15-5-3-7-17(9-15)29-2)24-13-25-21(18)30-19(14)22(28)26-8-4-6-16(11-26)12-27/h3,5,7,9,13,16,27H,4,6,8,10-12H2,1-2H3,(H,23,24,25)/t16-/m1/s1. The number of carbonyl (C=O) groups is 1. The fourth-order valence-corrected chi connectivity index (χ4v) is 5.04. The maximum Gasteiger partial charge on any atom is 0.264 e. The van der Waals surface area contributed by atoms with E-state index in [1.54, 1.807) is 7.11 Å². The first-order valence-corrected chi connectivity index (χ1v) is 10.9. The Hall–Kier alpha value is -2.71. The number of ether oxygens (including phenoxy) is 1. The third-order valence-corrected chi connectivity index (χ3v) is 6.77. The second kappa shape index (κ2) is 8.97. The van der Waals surface area contributed by atoms with Crippen molar-refractivity contribution in [3.05, 3.63) is 46.6 Å². The van der Waals surface area contributed by atoms with Gasteiger partial charge in [0.2, 0.25) is 0 Å². The molecule has 3 aromatic rings. The molecule has 1 aromatic carbocycles. The second-order valence-corrected chi connectivity index (χ2v) is 8.60. The van der Waals surface area contributed by atoms with Crippen molar-refractivity contribution in [1.82, 2.24) is 14.9 Å². The van der Waals surface area contributed by atoms with Gasteiger partial charge in [-0.15, -0.1) is 11.3 Å². The third kappa shape index (κ3) is 4.11. The van der Waals surface area contributed by atoms with Crippen LogP contribution in [0.1, 0.15) is 33.6 Å². The molecule has 0 radical (unpaired) electrons. The Morgan fingerprint density at radius 2 is 2.27 bits per heavy atom. The topological polar surface area (TPSA) is 87.6 Å². The van der Waals surface area contributed by atoms with Crippen molar-refractivity contribution in [3.8, 4) is 5.75 Å². The quantitative estimate of drug-likeness (QED) is 0.628. The summed E-state index contributed by atoms with van der Waals surface area (Å²) in [4.78, 5) is 25.4. The normalized spacial score (nSPS) is 16.6. The maximum atomic E-state index is 13.2. The van der Waals surface area contributed by atoms with E-state index >= 15 is 0 Å². The molecule has 1 atom stereocenters. The number of benzene rings is 1. The van der Waals surface area contributed by atoms with Gasteiger partial charge in [-0.2, -0.15) is 0 Å². The molecule has 30 heavy (non-hydrogen) atoms. The van der Waals surface area contributed by atoms with Gasteiger partial charge in [0.25, 0.3) is 5.91 Å². The van der Waals surface area contributed by atoms with E-state index in [0.29, 0.717) is 18.0 Å². The molecule has 1 amide bonds. The van der Waals surface area contributed by atoms with E-state index in [1.807, 2.05) is 36.1 Å². The summed E-state index contributed by atoms with van der Waals surface area (Å²) in [5.41, 5.74) is 1.98. The molecule has 1 saturated heterocycles. The molecule has 1 aliphatic heterocycles. The summed E-state index contributed by atoms with van der Waals surface area (Å²) in [6.45, 7) is 4.01. The minimum atomic E-state index is 0.0207. The van der Waals surface area contributed by atoms with Crippen molar-refractivity contribution in [1.29, 1.82) is 0 Å². The summed E-state index contributed by atoms with van der Waals surface area (Å²) < 4.78 is 5.29. The van der Waals surface area contributed by atoms with Crippen molar-refractivity contribution in [3.63, 3.8) is 0 Å². The van der Waals surface area contributed by atoms with Crippen LogP contribution in [0.3, 0.4) is 0 Å². The van der Waals surface area contributed by atoms with Crippen molar-refractivity contribution >= 4 is 33.3 Å². The molecule has 2 aromatic heterocycles. The number of nitrogens with zero attached hydrogens (tertiary/aromatic N) is 3. The molecule has 2 N–H and O–H groups in total. The number of hydrogen-bond donors (Lipinski definition) is 2. The molecule has 7 nitrogen and oxygen atoms in total. The van der Waals surface area contributed by atoms with E-state index in [0.717, 1.165) is 52.3 Å². The van der Waals surface area contributed by atoms with E-state index < -0.39 is 0 Å². The summed E-state index contributed by atoms with van der Waals surface area (Å²) in [6.07, 6.45) is 3.42. The summed E-state index contributed by atoms with van der Waals surface area (Å²) in [7, 11) is 1.65. The van der Waals surface area contributed by atoms with E-state index in [4.69, 9.17) is 4.74 Å². The highest BCUT2D eigenvalue weighted by Crippen LogP contribution is 2.35. The number of amides is 1. The van der Waals surface area contributed by atoms with Gasteiger partial charge in [0.15, 0.2) is 0 Å². The van der Waals surface area contributed by atoms with Crippen LogP contribution in [0, 0.1) is 12.8 Å². The van der Waals surface area contributed by atoms with E-state index in [-0.39, 0.29) is 18.4 Å². The van der Waals surface area contributed by atoms with Crippen molar-refractivity contribution in [2.45, 2.75) is 26.3 Å². The molecule has 0 aliphatic carbocycles. The molecule has 158 valence electrons. The zero-order chi connectivity index (χ0) is 21.1. The number of fused-ring (bicyclic) bond motifs is 1. The van der Waals surface area contributed by atoms with Gasteiger partial charge < -0.3 is 20.1 Å². The van der Waals surface area contributed by atoms with Crippen LogP contribution >= 0.6 is 11.3 Å². The highest BCUT2D eigenvalue weighted by molar-refractivity contribution is 7.20. The summed E-state index contributed by atoms with van der Waals surface area (Å²) in [5, 5.41) is 13.8. The van der Waals surface area contributed by atoms with Gasteiger partial charge in [-0.3, -0.25) is 4.79 Å². The number of thiophene rings is 1. The lowest BCUT2D eigenvalue weighted by atomic mass is 9.99. The Kier molecular flexibility index (Phi) is 6.15. The zero-order valence-electron chi connectivity index (χ0n) is 17.2. The summed E-state index contributed by atoms with van der Waals surface area (Å²) in [6, 6.07) is 7.87. The number of anilines is 1. The average Bonchev–Trinajstić information content (AvgIpc) is 3.14. The van der Waals surface area contributed by atoms with Gasteiger partial charge in [-0.05, 0) is 48.9 Å². The van der Waals surface area contributed by atoms with Gasteiger partial charge in [-0.25, -0.2) is 9.97 Å². The number of aliphatic hydroxyl groups excluding tert-OH is 1. The summed E-state index contributed by atoms with van der Waals surface area (Å²) >= 11 is 1.41. The number of aromatic nitrogens is 2. The molecule has 0 saturated carbocycles. The van der Waals surface area contributed by atoms with Crippen LogP contribution in [0.2, 0.25) is 0 Å². The fourth-order valence-electron chi connectivity index (χ4n) is 3.92. The Morgan fingerprint density at radius 3 is 3.07 bits per heavy atom. The van der Waals surface area contributed by atoms with Crippen molar-refractivity contribution < 1.29 is 14.6 Å². The lowest BCUT2D eigenvalue weighted by Crippen LogP contribution is -2.40. The molecule has 8 heteroatoms. The number of rotatable bonds is 6. The Bertz CT molecular complexity index is 1050. The third-order valence-electron chi connectivity index (χ3n) is 5.58. The molecule has 0 spiro atoms. The lowest BCUT2D eigenvalue weighted by Gasteiger charge is -2.31. The predicted octanol–water partition coefficient (Wildman–Crippen LogP) is 3.46. The molecule has 0 unspecified atom stereocenters. The number of nitrogens with one attached hydrogen (secondary N) is 1. The number of hydrogen-bond acceptors (Lipinski definition) is 7. The molecule has 1 aliphatic rings. The van der Waals surface area contributed by atoms with Crippen LogP contribution < -0.4 is 10.1 Å². The first-order chi connectivity index (χ1) is 14.6. The smallest absolute Gasteiger partial charge is 0.264 e. The number of aryl methyl sites for hydroxylation is 1. The van der Waals surface area contributed by atoms with Gasteiger partial charge in [0.1, 0.15) is 22.7 Å². The zero-order valence-corrected chi connectivity index (χ0v) is 18.0. The number of piperidine rings is 1. The van der Waals surface area contributed by atoms with Crippen LogP contribution in [-0.4, -0.2) is 52.7 Å². The molecular formula is C22H26N4O3S. The lowest BCUT2D eigenvalue weighted by molar-refractivity contribution is 0.0625. The first-order valence-electron chi connectivity index (χ1n) is 10.1. The van der Waals surface area contributed by atoms with Crippen LogP contribution in [0.5, 0.6) is 5.75 Å². The molecule has 4 rings (SSSR count). The van der Waals surface area contributed by atoms with E-state index in [9.17, 15) is 9.90 Å². The highest BCUT2D eigenvalue weighted by Gasteiger charge is 2.27. The van der Waals surface area contributed by atoms with E-state index in [1.165, 1.54) is 17.7 Å². The molecular weight excluding hydrogens is 400 g/mol. The Morgan fingerprint density at radius 1 is 1.40 bits per heavy atom. The Labute approximate surface area is 179 Å². The van der Waals surface area contributed by atoms with Gasteiger partial charge in [0.05, 0.1) is 17.4 Å². The summed E-state index contributed by atoms with van der Waals surface area (Å²) in [5.74, 6) is 1.72. The van der Waals surface area contributed by atoms with Crippen LogP contribution in [-0.2, 0) is 6.54 Å². The highest BCUT2D eigenvalue weighted by atomic mass is 32.1. The molecule has 3 heterocycles. The number of aliphatic hydroxyl groups is 1. The largest absolute Gasteiger partial charge is 0.497 e. The van der Waals surface area contributed by atoms with Crippen LogP contribution in [0.4, 0.5) is 5.82 Å². The predicted molar refractivity (Wildman–Crippen MR) is 118 cm³/mol.